The van der Waals surface area contributed by atoms with Crippen LogP contribution in [0, 0.1) is 11.7 Å². The number of para-hydroxylation sites is 1. The van der Waals surface area contributed by atoms with Gasteiger partial charge in [0.25, 0.3) is 5.91 Å². The number of fused-ring (bicyclic) bond motifs is 2. The van der Waals surface area contributed by atoms with E-state index in [1.807, 2.05) is 29.1 Å². The fraction of sp³-hybridized carbons (Fsp3) is 0.425. The lowest BCUT2D eigenvalue weighted by molar-refractivity contribution is -0.140. The number of nitrogens with one attached hydrogen (secondary N) is 2. The van der Waals surface area contributed by atoms with Crippen LogP contribution in [-0.4, -0.2) is 81.4 Å². The Bertz CT molecular complexity index is 2440. The number of carbonyl (C=O) groups excluding carboxylic acids is 3. The van der Waals surface area contributed by atoms with Crippen LogP contribution in [0.5, 0.6) is 5.75 Å². The molecule has 0 radical (unpaired) electrons. The third-order valence-electron chi connectivity index (χ3n) is 11.7. The third kappa shape index (κ3) is 7.24. The fourth-order valence-electron chi connectivity index (χ4n) is 8.67. The summed E-state index contributed by atoms with van der Waals surface area (Å²) in [6.07, 6.45) is 1.29. The molecular weight excluding hydrogens is 748 g/mol. The van der Waals surface area contributed by atoms with Gasteiger partial charge in [-0.05, 0) is 68.4 Å². The van der Waals surface area contributed by atoms with Crippen molar-refractivity contribution in [1.29, 1.82) is 0 Å². The SMILES string of the molecule is COc1cc2nn(C3CCC(CN4CCN(c5cccc6c5n(C)c(=O)n6C5CCC(=O)NC5=O)CC4)CC3)cc2cc1NC(=O)c1cccc(C(F)(F)F)c1F. The third-order valence-corrected chi connectivity index (χ3v) is 11.7. The summed E-state index contributed by atoms with van der Waals surface area (Å²) in [7, 11) is 3.12. The van der Waals surface area contributed by atoms with Gasteiger partial charge in [0.2, 0.25) is 11.8 Å². The van der Waals surface area contributed by atoms with Crippen LogP contribution < -0.4 is 26.0 Å². The molecule has 3 aliphatic rings. The molecule has 2 aromatic heterocycles. The van der Waals surface area contributed by atoms with Crippen molar-refractivity contribution in [1.82, 2.24) is 29.1 Å². The number of aromatic nitrogens is 4. The average molecular weight is 791 g/mol. The second kappa shape index (κ2) is 15.0. The highest BCUT2D eigenvalue weighted by Gasteiger charge is 2.36. The molecule has 2 saturated heterocycles. The van der Waals surface area contributed by atoms with Gasteiger partial charge < -0.3 is 15.0 Å². The number of imide groups is 1. The molecule has 1 unspecified atom stereocenters. The molecule has 2 aliphatic heterocycles. The van der Waals surface area contributed by atoms with Crippen molar-refractivity contribution in [3.8, 4) is 5.75 Å². The number of anilines is 2. The number of hydrogen-bond acceptors (Lipinski definition) is 8. The topological polar surface area (TPSA) is 136 Å². The standard InChI is InChI=1S/C40H42F4N8O5/c1-48-36-30(7-4-8-31(36)52(39(48)56)32-13-14-34(53)46-38(32)55)50-17-15-49(16-18-50)21-23-9-11-25(12-10-23)51-22-24-19-29(33(57-2)20-28(24)47-51)45-37(54)26-5-3-6-27(35(26)41)40(42,43)44/h3-8,19-20,22-23,25,32H,9-18,21H2,1-2H3,(H,45,54)(H,46,53,55). The Balaban J connectivity index is 0.883. The molecule has 17 heteroatoms. The van der Waals surface area contributed by atoms with E-state index in [2.05, 4.69) is 20.4 Å². The summed E-state index contributed by atoms with van der Waals surface area (Å²) in [5.41, 5.74) is 0.671. The summed E-state index contributed by atoms with van der Waals surface area (Å²) in [5, 5.41) is 10.4. The van der Waals surface area contributed by atoms with Gasteiger partial charge in [0, 0.05) is 63.8 Å². The van der Waals surface area contributed by atoms with Gasteiger partial charge in [-0.15, -0.1) is 0 Å². The Hall–Kier alpha value is -5.71. The van der Waals surface area contributed by atoms with Crippen LogP contribution in [0.2, 0.25) is 0 Å². The smallest absolute Gasteiger partial charge is 0.419 e. The summed E-state index contributed by atoms with van der Waals surface area (Å²) >= 11 is 0. The number of halogens is 4. The van der Waals surface area contributed by atoms with E-state index in [-0.39, 0.29) is 41.9 Å². The Morgan fingerprint density at radius 3 is 2.42 bits per heavy atom. The first-order valence-electron chi connectivity index (χ1n) is 19.1. The number of aryl methyl sites for hydroxylation is 1. The first kappa shape index (κ1) is 38.2. The Labute approximate surface area is 324 Å². The molecule has 1 aliphatic carbocycles. The van der Waals surface area contributed by atoms with Gasteiger partial charge in [0.15, 0.2) is 0 Å². The van der Waals surface area contributed by atoms with Gasteiger partial charge in [-0.25, -0.2) is 9.18 Å². The van der Waals surface area contributed by atoms with Crippen LogP contribution in [0.4, 0.5) is 28.9 Å². The first-order valence-corrected chi connectivity index (χ1v) is 19.1. The van der Waals surface area contributed by atoms with E-state index in [0.717, 1.165) is 81.7 Å². The zero-order valence-electron chi connectivity index (χ0n) is 31.4. The largest absolute Gasteiger partial charge is 0.494 e. The normalized spacial score (nSPS) is 20.9. The zero-order chi connectivity index (χ0) is 40.2. The summed E-state index contributed by atoms with van der Waals surface area (Å²) in [4.78, 5) is 55.6. The van der Waals surface area contributed by atoms with Crippen LogP contribution in [0.1, 0.15) is 66.5 Å². The number of piperidine rings is 1. The molecule has 0 bridgehead atoms. The first-order chi connectivity index (χ1) is 27.3. The molecule has 4 heterocycles. The number of benzene rings is 3. The van der Waals surface area contributed by atoms with Gasteiger partial charge in [0.05, 0.1) is 52.2 Å². The van der Waals surface area contributed by atoms with Crippen molar-refractivity contribution >= 4 is 51.0 Å². The van der Waals surface area contributed by atoms with E-state index in [1.165, 1.54) is 11.7 Å². The van der Waals surface area contributed by atoms with Gasteiger partial charge in [-0.2, -0.15) is 18.3 Å². The maximum absolute atomic E-state index is 14.7. The zero-order valence-corrected chi connectivity index (χ0v) is 31.4. The van der Waals surface area contributed by atoms with Gasteiger partial charge in [-0.1, -0.05) is 12.1 Å². The van der Waals surface area contributed by atoms with Gasteiger partial charge >= 0.3 is 11.9 Å². The highest BCUT2D eigenvalue weighted by molar-refractivity contribution is 6.06. The molecule has 57 heavy (non-hydrogen) atoms. The Morgan fingerprint density at radius 2 is 1.72 bits per heavy atom. The number of rotatable bonds is 8. The number of imidazole rings is 1. The van der Waals surface area contributed by atoms with Crippen molar-refractivity contribution in [3.05, 3.63) is 82.2 Å². The molecule has 0 spiro atoms. The minimum atomic E-state index is -4.95. The predicted molar refractivity (Wildman–Crippen MR) is 204 cm³/mol. The van der Waals surface area contributed by atoms with E-state index in [0.29, 0.717) is 28.4 Å². The number of hydrogen-bond donors (Lipinski definition) is 2. The Morgan fingerprint density at radius 1 is 0.982 bits per heavy atom. The minimum absolute atomic E-state index is 0.161. The molecule has 3 fully saturated rings. The Kier molecular flexibility index (Phi) is 10.0. The van der Waals surface area contributed by atoms with Crippen molar-refractivity contribution in [2.75, 3.05) is 50.1 Å². The van der Waals surface area contributed by atoms with E-state index in [4.69, 9.17) is 9.84 Å². The summed E-state index contributed by atoms with van der Waals surface area (Å²) < 4.78 is 64.9. The monoisotopic (exact) mass is 790 g/mol. The highest BCUT2D eigenvalue weighted by Crippen LogP contribution is 2.37. The summed E-state index contributed by atoms with van der Waals surface area (Å²) in [5.74, 6) is -2.70. The molecule has 13 nitrogen and oxygen atoms in total. The molecule has 2 N–H and O–H groups in total. The molecule has 1 atom stereocenters. The van der Waals surface area contributed by atoms with Crippen LogP contribution >= 0.6 is 0 Å². The molecule has 5 aromatic rings. The van der Waals surface area contributed by atoms with Gasteiger partial charge in [0.1, 0.15) is 17.6 Å². The highest BCUT2D eigenvalue weighted by atomic mass is 19.4. The van der Waals surface area contributed by atoms with E-state index in [1.54, 1.807) is 23.7 Å². The molecule has 3 aromatic carbocycles. The number of nitrogens with zero attached hydrogens (tertiary/aromatic N) is 6. The summed E-state index contributed by atoms with van der Waals surface area (Å²) in [6.45, 7) is 4.27. The van der Waals surface area contributed by atoms with E-state index >= 15 is 0 Å². The molecular formula is C40H42F4N8O5. The number of ether oxygens (including phenoxy) is 1. The van der Waals surface area contributed by atoms with Crippen LogP contribution in [0.25, 0.3) is 21.9 Å². The van der Waals surface area contributed by atoms with Crippen LogP contribution in [0.3, 0.4) is 0 Å². The van der Waals surface area contributed by atoms with E-state index in [9.17, 15) is 36.7 Å². The lowest BCUT2D eigenvalue weighted by Crippen LogP contribution is -2.48. The number of amides is 3. The van der Waals surface area contributed by atoms with Crippen molar-refractivity contribution in [2.24, 2.45) is 13.0 Å². The maximum Gasteiger partial charge on any atom is 0.419 e. The van der Waals surface area contributed by atoms with Crippen molar-refractivity contribution < 1.29 is 36.7 Å². The van der Waals surface area contributed by atoms with Gasteiger partial charge in [-0.3, -0.25) is 38.4 Å². The second-order valence-electron chi connectivity index (χ2n) is 15.1. The van der Waals surface area contributed by atoms with Crippen LogP contribution in [0.15, 0.2) is 59.5 Å². The van der Waals surface area contributed by atoms with E-state index < -0.39 is 41.0 Å². The lowest BCUT2D eigenvalue weighted by atomic mass is 9.85. The minimum Gasteiger partial charge on any atom is -0.494 e. The number of alkyl halides is 3. The number of methoxy groups -OCH3 is 1. The maximum atomic E-state index is 14.7. The molecule has 300 valence electrons. The quantitative estimate of drug-likeness (QED) is 0.152. The lowest BCUT2D eigenvalue weighted by Gasteiger charge is -2.39. The van der Waals surface area contributed by atoms with Crippen molar-refractivity contribution in [2.45, 2.75) is 56.8 Å². The average Bonchev–Trinajstić information content (AvgIpc) is 3.72. The van der Waals surface area contributed by atoms with Crippen molar-refractivity contribution in [3.63, 3.8) is 0 Å². The second-order valence-corrected chi connectivity index (χ2v) is 15.1. The molecule has 3 amide bonds. The predicted octanol–water partition coefficient (Wildman–Crippen LogP) is 5.64. The number of carbonyl (C=O) groups is 3. The molecule has 1 saturated carbocycles. The summed E-state index contributed by atoms with van der Waals surface area (Å²) in [6, 6.07) is 11.0. The molecule has 8 rings (SSSR count). The fourth-order valence-corrected chi connectivity index (χ4v) is 8.67. The van der Waals surface area contributed by atoms with Crippen LogP contribution in [-0.2, 0) is 22.8 Å². The number of piperazine rings is 1.